The largest absolute Gasteiger partial charge is 0.393 e. The number of fused-ring (bicyclic) bond motifs is 1. The Morgan fingerprint density at radius 3 is 2.24 bits per heavy atom. The fraction of sp³-hybridized carbons (Fsp3) is 0.350. The summed E-state index contributed by atoms with van der Waals surface area (Å²) in [5.74, 6) is 0.199. The van der Waals surface area contributed by atoms with Crippen LogP contribution in [0.3, 0.4) is 0 Å². The summed E-state index contributed by atoms with van der Waals surface area (Å²) in [5, 5.41) is 13.8. The van der Waals surface area contributed by atoms with E-state index in [1.165, 1.54) is 12.8 Å². The fourth-order valence-corrected chi connectivity index (χ4v) is 2.92. The van der Waals surface area contributed by atoms with Gasteiger partial charge in [0.05, 0.1) is 12.3 Å². The van der Waals surface area contributed by atoms with Gasteiger partial charge < -0.3 is 15.7 Å². The van der Waals surface area contributed by atoms with Gasteiger partial charge >= 0.3 is 0 Å². The number of aliphatic hydroxyl groups is 1. The summed E-state index contributed by atoms with van der Waals surface area (Å²) in [6.45, 7) is 3.96. The van der Waals surface area contributed by atoms with Gasteiger partial charge in [-0.15, -0.1) is 0 Å². The van der Waals surface area contributed by atoms with Crippen LogP contribution in [-0.2, 0) is 11.2 Å². The highest BCUT2D eigenvalue weighted by Gasteiger charge is 2.15. The number of primary amides is 1. The van der Waals surface area contributed by atoms with Gasteiger partial charge in [-0.2, -0.15) is 5.10 Å². The van der Waals surface area contributed by atoms with E-state index in [-0.39, 0.29) is 12.5 Å². The second-order valence-electron chi connectivity index (χ2n) is 6.54. The molecule has 1 saturated heterocycles. The number of rotatable bonds is 3. The zero-order chi connectivity index (χ0) is 21.2. The van der Waals surface area contributed by atoms with Crippen LogP contribution in [0.15, 0.2) is 42.7 Å². The number of halogens is 2. The number of hydrogen-bond acceptors (Lipinski definition) is 5. The standard InChI is InChI=1S/C13H18N4O.C6H4F2.CH3NO/c1-10(18)8-11-9-14-17-7-4-12(15-13(11)17)16-5-2-3-6-16;7-5-1-2-6(8)4-3-5;2-1-3/h4,7,9-10,18H,2-3,5-6,8H2,1H3;1-4H;1H,(H2,2,3). The molecule has 1 atom stereocenters. The Morgan fingerprint density at radius 2 is 1.72 bits per heavy atom. The molecule has 1 aliphatic rings. The molecule has 7 nitrogen and oxygen atoms in total. The van der Waals surface area contributed by atoms with Crippen LogP contribution in [0.25, 0.3) is 5.65 Å². The molecule has 1 aromatic carbocycles. The molecule has 29 heavy (non-hydrogen) atoms. The lowest BCUT2D eigenvalue weighted by atomic mass is 10.2. The maximum Gasteiger partial charge on any atom is 0.204 e. The van der Waals surface area contributed by atoms with Crippen molar-refractivity contribution >= 4 is 17.9 Å². The molecular formula is C20H25F2N5O2. The Hall–Kier alpha value is -3.07. The molecule has 3 heterocycles. The van der Waals surface area contributed by atoms with Crippen molar-refractivity contribution in [3.05, 3.63) is 59.9 Å². The molecule has 0 aliphatic carbocycles. The lowest BCUT2D eigenvalue weighted by Crippen LogP contribution is -2.19. The molecule has 1 fully saturated rings. The maximum atomic E-state index is 11.9. The number of amides is 1. The molecule has 2 aromatic heterocycles. The van der Waals surface area contributed by atoms with Crippen LogP contribution < -0.4 is 10.6 Å². The van der Waals surface area contributed by atoms with Gasteiger partial charge in [0.25, 0.3) is 0 Å². The fourth-order valence-electron chi connectivity index (χ4n) is 2.92. The first-order valence-corrected chi connectivity index (χ1v) is 9.27. The molecule has 1 unspecified atom stereocenters. The van der Waals surface area contributed by atoms with E-state index < -0.39 is 11.6 Å². The number of aliphatic hydroxyl groups excluding tert-OH is 1. The Bertz CT molecular complexity index is 873. The second kappa shape index (κ2) is 11.1. The van der Waals surface area contributed by atoms with Crippen LogP contribution in [-0.4, -0.2) is 45.3 Å². The summed E-state index contributed by atoms with van der Waals surface area (Å²) in [6, 6.07) is 6.33. The van der Waals surface area contributed by atoms with Crippen molar-refractivity contribution in [1.29, 1.82) is 0 Å². The predicted octanol–water partition coefficient (Wildman–Crippen LogP) is 2.32. The average molecular weight is 405 g/mol. The minimum Gasteiger partial charge on any atom is -0.393 e. The van der Waals surface area contributed by atoms with E-state index in [4.69, 9.17) is 4.79 Å². The first-order valence-electron chi connectivity index (χ1n) is 9.27. The highest BCUT2D eigenvalue weighted by Crippen LogP contribution is 2.20. The van der Waals surface area contributed by atoms with Gasteiger partial charge in [-0.1, -0.05) is 0 Å². The summed E-state index contributed by atoms with van der Waals surface area (Å²) in [6.07, 6.45) is 6.71. The first kappa shape index (κ1) is 22.2. The molecular weight excluding hydrogens is 380 g/mol. The van der Waals surface area contributed by atoms with E-state index >= 15 is 0 Å². The van der Waals surface area contributed by atoms with Crippen LogP contribution in [0, 0.1) is 11.6 Å². The number of benzene rings is 1. The summed E-state index contributed by atoms with van der Waals surface area (Å²) >= 11 is 0. The van der Waals surface area contributed by atoms with Crippen molar-refractivity contribution in [3.8, 4) is 0 Å². The van der Waals surface area contributed by atoms with Crippen molar-refractivity contribution in [2.75, 3.05) is 18.0 Å². The average Bonchev–Trinajstić information content (AvgIpc) is 3.35. The number of anilines is 1. The van der Waals surface area contributed by atoms with Crippen molar-refractivity contribution in [2.24, 2.45) is 5.73 Å². The molecule has 1 amide bonds. The van der Waals surface area contributed by atoms with Crippen molar-refractivity contribution in [3.63, 3.8) is 0 Å². The third kappa shape index (κ3) is 6.79. The zero-order valence-corrected chi connectivity index (χ0v) is 16.2. The molecule has 9 heteroatoms. The van der Waals surface area contributed by atoms with Gasteiger partial charge in [0.1, 0.15) is 17.5 Å². The molecule has 0 spiro atoms. The number of carbonyl (C=O) groups is 1. The third-order valence-corrected chi connectivity index (χ3v) is 4.18. The number of hydrogen-bond donors (Lipinski definition) is 2. The SMILES string of the molecule is CC(O)Cc1cnn2ccc(N3CCCC3)nc12.Fc1ccc(F)cc1.NC=O. The van der Waals surface area contributed by atoms with Gasteiger partial charge in [-0.25, -0.2) is 18.3 Å². The monoisotopic (exact) mass is 405 g/mol. The Morgan fingerprint density at radius 1 is 1.17 bits per heavy atom. The van der Waals surface area contributed by atoms with Gasteiger partial charge in [0.15, 0.2) is 5.65 Å². The Labute approximate surface area is 167 Å². The van der Waals surface area contributed by atoms with E-state index in [0.29, 0.717) is 6.42 Å². The Kier molecular flexibility index (Phi) is 8.47. The van der Waals surface area contributed by atoms with Crippen molar-refractivity contribution in [1.82, 2.24) is 14.6 Å². The van der Waals surface area contributed by atoms with Gasteiger partial charge in [-0.05, 0) is 50.1 Å². The molecule has 0 saturated carbocycles. The topological polar surface area (TPSA) is 96.8 Å². The minimum atomic E-state index is -0.411. The molecule has 3 aromatic rings. The van der Waals surface area contributed by atoms with E-state index in [1.807, 2.05) is 12.3 Å². The number of nitrogens with two attached hydrogens (primary N) is 1. The molecule has 4 rings (SSSR count). The van der Waals surface area contributed by atoms with Gasteiger partial charge in [0, 0.05) is 31.3 Å². The lowest BCUT2D eigenvalue weighted by molar-refractivity contribution is -0.106. The molecule has 0 radical (unpaired) electrons. The smallest absolute Gasteiger partial charge is 0.204 e. The molecule has 0 bridgehead atoms. The minimum absolute atomic E-state index is 0.250. The number of carbonyl (C=O) groups excluding carboxylic acids is 1. The van der Waals surface area contributed by atoms with E-state index in [2.05, 4.69) is 20.7 Å². The van der Waals surface area contributed by atoms with Crippen LogP contribution in [0.4, 0.5) is 14.6 Å². The van der Waals surface area contributed by atoms with Crippen molar-refractivity contribution < 1.29 is 18.7 Å². The van der Waals surface area contributed by atoms with Gasteiger partial charge in [-0.3, -0.25) is 4.79 Å². The van der Waals surface area contributed by atoms with Crippen LogP contribution >= 0.6 is 0 Å². The maximum absolute atomic E-state index is 11.9. The summed E-state index contributed by atoms with van der Waals surface area (Å²) < 4.78 is 25.6. The lowest BCUT2D eigenvalue weighted by Gasteiger charge is -2.16. The van der Waals surface area contributed by atoms with Crippen LogP contribution in [0.1, 0.15) is 25.3 Å². The quantitative estimate of drug-likeness (QED) is 0.652. The van der Waals surface area contributed by atoms with Crippen molar-refractivity contribution in [2.45, 2.75) is 32.3 Å². The second-order valence-corrected chi connectivity index (χ2v) is 6.54. The van der Waals surface area contributed by atoms with Crippen LogP contribution in [0.2, 0.25) is 0 Å². The molecule has 1 aliphatic heterocycles. The van der Waals surface area contributed by atoms with E-state index in [1.54, 1.807) is 17.6 Å². The van der Waals surface area contributed by atoms with E-state index in [9.17, 15) is 13.9 Å². The summed E-state index contributed by atoms with van der Waals surface area (Å²) in [4.78, 5) is 15.6. The normalized spacial score (nSPS) is 13.9. The predicted molar refractivity (Wildman–Crippen MR) is 106 cm³/mol. The first-order chi connectivity index (χ1) is 13.9. The van der Waals surface area contributed by atoms with Gasteiger partial charge in [0.2, 0.25) is 6.41 Å². The zero-order valence-electron chi connectivity index (χ0n) is 16.2. The van der Waals surface area contributed by atoms with Crippen LogP contribution in [0.5, 0.6) is 0 Å². The highest BCUT2D eigenvalue weighted by atomic mass is 19.1. The summed E-state index contributed by atoms with van der Waals surface area (Å²) in [7, 11) is 0. The Balaban J connectivity index is 0.000000228. The molecule has 156 valence electrons. The third-order valence-electron chi connectivity index (χ3n) is 4.18. The summed E-state index contributed by atoms with van der Waals surface area (Å²) in [5.41, 5.74) is 6.03. The van der Waals surface area contributed by atoms with E-state index in [0.717, 1.165) is 54.4 Å². The number of aromatic nitrogens is 3. The number of nitrogens with zero attached hydrogens (tertiary/aromatic N) is 4. The highest BCUT2D eigenvalue weighted by molar-refractivity contribution is 5.53. The molecule has 3 N–H and O–H groups in total.